The Kier molecular flexibility index (Phi) is 8.41. The van der Waals surface area contributed by atoms with Crippen molar-refractivity contribution in [3.63, 3.8) is 0 Å². The molecule has 1 unspecified atom stereocenters. The third-order valence-electron chi connectivity index (χ3n) is 6.35. The van der Waals surface area contributed by atoms with Crippen LogP contribution in [0.4, 0.5) is 0 Å². The number of likely N-dealkylation sites (tertiary alicyclic amines) is 1. The van der Waals surface area contributed by atoms with Gasteiger partial charge in [0.15, 0.2) is 0 Å². The number of benzene rings is 1. The molecule has 3 aliphatic rings. The Morgan fingerprint density at radius 3 is 2.50 bits per heavy atom. The van der Waals surface area contributed by atoms with Gasteiger partial charge in [-0.2, -0.15) is 0 Å². The fourth-order valence-corrected chi connectivity index (χ4v) is 4.57. The molecule has 0 spiro atoms. The number of hydrogen-bond donors (Lipinski definition) is 2. The van der Waals surface area contributed by atoms with E-state index < -0.39 is 0 Å². The van der Waals surface area contributed by atoms with E-state index in [0.717, 1.165) is 57.0 Å². The van der Waals surface area contributed by atoms with Gasteiger partial charge in [-0.25, -0.2) is 0 Å². The van der Waals surface area contributed by atoms with Gasteiger partial charge in [0.25, 0.3) is 0 Å². The van der Waals surface area contributed by atoms with Crippen molar-refractivity contribution < 1.29 is 4.74 Å². The molecule has 1 saturated carbocycles. The van der Waals surface area contributed by atoms with Crippen molar-refractivity contribution in [1.29, 1.82) is 0 Å². The average molecular weight is 412 g/mol. The van der Waals surface area contributed by atoms with Crippen LogP contribution in [-0.2, 0) is 6.42 Å². The number of nitrogens with one attached hydrogen (secondary N) is 1. The van der Waals surface area contributed by atoms with Crippen LogP contribution in [0.25, 0.3) is 0 Å². The van der Waals surface area contributed by atoms with Crippen molar-refractivity contribution >= 4 is 0 Å². The number of rotatable bonds is 7. The molecule has 0 bridgehead atoms. The summed E-state index contributed by atoms with van der Waals surface area (Å²) >= 11 is 0. The Morgan fingerprint density at radius 1 is 1.13 bits per heavy atom. The smallest absolute Gasteiger partial charge is 0.122 e. The number of nitrogens with zero attached hydrogens (tertiary/aromatic N) is 1. The molecule has 2 aliphatic heterocycles. The maximum absolute atomic E-state index is 6.06. The van der Waals surface area contributed by atoms with Gasteiger partial charge in [-0.1, -0.05) is 39.3 Å². The summed E-state index contributed by atoms with van der Waals surface area (Å²) in [6, 6.07) is 5.29. The first-order chi connectivity index (χ1) is 14.7. The highest BCUT2D eigenvalue weighted by Crippen LogP contribution is 2.45. The monoisotopic (exact) mass is 411 g/mol. The van der Waals surface area contributed by atoms with E-state index in [-0.39, 0.29) is 6.04 Å². The van der Waals surface area contributed by atoms with Crippen LogP contribution in [0, 0.1) is 0 Å². The second-order valence-electron chi connectivity index (χ2n) is 8.65. The zero-order valence-corrected chi connectivity index (χ0v) is 19.4. The first-order valence-corrected chi connectivity index (χ1v) is 12.0. The highest BCUT2D eigenvalue weighted by molar-refractivity contribution is 5.49. The molecule has 0 aromatic heterocycles. The van der Waals surface area contributed by atoms with Crippen LogP contribution in [0.5, 0.6) is 5.75 Å². The minimum absolute atomic E-state index is 0.217. The van der Waals surface area contributed by atoms with Gasteiger partial charge in [0.1, 0.15) is 5.75 Å². The molecule has 4 nitrogen and oxygen atoms in total. The lowest BCUT2D eigenvalue weighted by atomic mass is 9.92. The summed E-state index contributed by atoms with van der Waals surface area (Å²) in [5.41, 5.74) is 11.7. The second-order valence-corrected chi connectivity index (χ2v) is 8.65. The van der Waals surface area contributed by atoms with Gasteiger partial charge in [-0.05, 0) is 91.7 Å². The molecule has 3 N–H and O–H groups in total. The molecule has 1 atom stereocenters. The maximum Gasteiger partial charge on any atom is 0.122 e. The zero-order chi connectivity index (χ0) is 21.5. The Morgan fingerprint density at radius 2 is 1.87 bits per heavy atom. The van der Waals surface area contributed by atoms with Crippen LogP contribution < -0.4 is 15.8 Å². The third-order valence-corrected chi connectivity index (χ3v) is 6.35. The summed E-state index contributed by atoms with van der Waals surface area (Å²) in [6.45, 7) is 9.48. The summed E-state index contributed by atoms with van der Waals surface area (Å²) in [4.78, 5) is 2.53. The third kappa shape index (κ3) is 5.67. The minimum atomic E-state index is 0.217. The Labute approximate surface area is 183 Å². The summed E-state index contributed by atoms with van der Waals surface area (Å²) in [5.74, 6) is 1.80. The van der Waals surface area contributed by atoms with E-state index in [4.69, 9.17) is 10.5 Å². The summed E-state index contributed by atoms with van der Waals surface area (Å²) in [7, 11) is 1.81. The van der Waals surface area contributed by atoms with Crippen LogP contribution in [0.15, 0.2) is 36.1 Å². The lowest BCUT2D eigenvalue weighted by molar-refractivity contribution is 0.230. The SMILES string of the molecule is CC.CCCc1c(OC)cc(C2C=C(CN3CCC(N)CC3)C=CN2)cc1C1CC1. The molecule has 2 fully saturated rings. The number of nitrogens with two attached hydrogens (primary N) is 1. The van der Waals surface area contributed by atoms with E-state index in [1.807, 2.05) is 21.0 Å². The Balaban J connectivity index is 0.00000124. The van der Waals surface area contributed by atoms with E-state index in [1.54, 1.807) is 0 Å². The molecule has 2 heterocycles. The Bertz CT molecular complexity index is 743. The summed E-state index contributed by atoms with van der Waals surface area (Å²) in [5, 5.41) is 3.55. The average Bonchev–Trinajstić information content (AvgIpc) is 3.62. The second kappa shape index (κ2) is 11.0. The molecular weight excluding hydrogens is 370 g/mol. The quantitative estimate of drug-likeness (QED) is 0.658. The molecule has 1 saturated heterocycles. The lowest BCUT2D eigenvalue weighted by Crippen LogP contribution is -2.40. The maximum atomic E-state index is 6.06. The van der Waals surface area contributed by atoms with Crippen LogP contribution in [0.3, 0.4) is 0 Å². The number of dihydropyridines is 1. The standard InChI is InChI=1S/C24H35N3O.C2H6/c1-3-4-21-22(18-5-6-18)14-19(15-24(21)28-2)23-13-17(7-10-26-23)16-27-11-8-20(25)9-12-27;1-2/h7,10,13-15,18,20,23,26H,3-6,8-9,11-12,16,25H2,1-2H3;1-2H3. The fourth-order valence-electron chi connectivity index (χ4n) is 4.57. The molecule has 1 aliphatic carbocycles. The number of hydrogen-bond acceptors (Lipinski definition) is 4. The molecule has 4 heteroatoms. The predicted octanol–water partition coefficient (Wildman–Crippen LogP) is 5.06. The van der Waals surface area contributed by atoms with Gasteiger partial charge in [-0.15, -0.1) is 0 Å². The predicted molar refractivity (Wildman–Crippen MR) is 127 cm³/mol. The lowest BCUT2D eigenvalue weighted by Gasteiger charge is -2.31. The fraction of sp³-hybridized carbons (Fsp3) is 0.615. The van der Waals surface area contributed by atoms with E-state index in [9.17, 15) is 0 Å². The van der Waals surface area contributed by atoms with Crippen molar-refractivity contribution in [3.05, 3.63) is 52.7 Å². The molecule has 1 aromatic carbocycles. The van der Waals surface area contributed by atoms with Gasteiger partial charge in [0.05, 0.1) is 13.2 Å². The van der Waals surface area contributed by atoms with Crippen molar-refractivity contribution in [3.8, 4) is 5.75 Å². The Hall–Kier alpha value is -1.78. The highest BCUT2D eigenvalue weighted by Gasteiger charge is 2.29. The van der Waals surface area contributed by atoms with E-state index in [2.05, 4.69) is 47.6 Å². The van der Waals surface area contributed by atoms with E-state index in [1.165, 1.54) is 35.1 Å². The van der Waals surface area contributed by atoms with Gasteiger partial charge in [0, 0.05) is 12.6 Å². The van der Waals surface area contributed by atoms with Crippen molar-refractivity contribution in [2.75, 3.05) is 26.7 Å². The first kappa shape index (κ1) is 22.9. The molecule has 0 radical (unpaired) electrons. The van der Waals surface area contributed by atoms with Gasteiger partial charge in [0.2, 0.25) is 0 Å². The van der Waals surface area contributed by atoms with E-state index >= 15 is 0 Å². The van der Waals surface area contributed by atoms with Gasteiger partial charge in [-0.3, -0.25) is 4.90 Å². The van der Waals surface area contributed by atoms with E-state index in [0.29, 0.717) is 6.04 Å². The van der Waals surface area contributed by atoms with Crippen molar-refractivity contribution in [1.82, 2.24) is 10.2 Å². The summed E-state index contributed by atoms with van der Waals surface area (Å²) < 4.78 is 5.82. The normalized spacial score (nSPS) is 22.0. The van der Waals surface area contributed by atoms with Crippen LogP contribution in [0.2, 0.25) is 0 Å². The number of piperidine rings is 1. The minimum Gasteiger partial charge on any atom is -0.496 e. The molecule has 166 valence electrons. The van der Waals surface area contributed by atoms with Crippen molar-refractivity contribution in [2.24, 2.45) is 5.73 Å². The molecule has 4 rings (SSSR count). The molecule has 0 amide bonds. The van der Waals surface area contributed by atoms with Crippen LogP contribution in [-0.4, -0.2) is 37.7 Å². The molecule has 1 aromatic rings. The van der Waals surface area contributed by atoms with Gasteiger partial charge < -0.3 is 15.8 Å². The first-order valence-electron chi connectivity index (χ1n) is 12.0. The number of ether oxygens (including phenoxy) is 1. The topological polar surface area (TPSA) is 50.5 Å². The summed E-state index contributed by atoms with van der Waals surface area (Å²) in [6.07, 6.45) is 13.8. The molecule has 30 heavy (non-hydrogen) atoms. The number of methoxy groups -OCH3 is 1. The largest absolute Gasteiger partial charge is 0.496 e. The van der Waals surface area contributed by atoms with Crippen LogP contribution >= 0.6 is 0 Å². The molecular formula is C26H41N3O. The van der Waals surface area contributed by atoms with Gasteiger partial charge >= 0.3 is 0 Å². The zero-order valence-electron chi connectivity index (χ0n) is 19.4. The highest BCUT2D eigenvalue weighted by atomic mass is 16.5. The van der Waals surface area contributed by atoms with Crippen molar-refractivity contribution in [2.45, 2.75) is 77.3 Å². The van der Waals surface area contributed by atoms with Crippen LogP contribution in [0.1, 0.15) is 81.5 Å².